The van der Waals surface area contributed by atoms with Gasteiger partial charge in [-0.05, 0) is 0 Å². The lowest BCUT2D eigenvalue weighted by atomic mass is 10.1. The van der Waals surface area contributed by atoms with Gasteiger partial charge in [0, 0.05) is 0 Å². The molecule has 4 atom stereocenters. The predicted octanol–water partition coefficient (Wildman–Crippen LogP) is -3.58. The van der Waals surface area contributed by atoms with Crippen LogP contribution >= 0.6 is 0 Å². The summed E-state index contributed by atoms with van der Waals surface area (Å²) in [6.45, 7) is -0.622. The average molecular weight is 299 g/mol. The van der Waals surface area contributed by atoms with Crippen molar-refractivity contribution in [1.82, 2.24) is 19.5 Å². The minimum absolute atomic E-state index is 0.129. The topological polar surface area (TPSA) is 180 Å². The van der Waals surface area contributed by atoms with Gasteiger partial charge in [0.25, 0.3) is 11.5 Å². The van der Waals surface area contributed by atoms with Gasteiger partial charge in [-0.25, -0.2) is 4.98 Å². The van der Waals surface area contributed by atoms with E-state index in [1.807, 2.05) is 0 Å². The summed E-state index contributed by atoms with van der Waals surface area (Å²) < 4.78 is 5.96. The largest absolute Gasteiger partial charge is 0.394 e. The van der Waals surface area contributed by atoms with Crippen LogP contribution < -0.4 is 11.3 Å². The summed E-state index contributed by atoms with van der Waals surface area (Å²) in [6, 6.07) is 0. The van der Waals surface area contributed by atoms with Crippen molar-refractivity contribution < 1.29 is 25.2 Å². The number of aliphatic hydroxyl groups is 4. The number of nitrogens with zero attached hydrogens (tertiary/aromatic N) is 3. The Morgan fingerprint density at radius 1 is 1.52 bits per heavy atom. The fourth-order valence-electron chi connectivity index (χ4n) is 2.29. The molecule has 0 aliphatic carbocycles. The molecular formula is C10H13N5O6. The molecule has 0 aromatic carbocycles. The maximum absolute atomic E-state index is 11.7. The maximum Gasteiger partial charge on any atom is 0.286 e. The second-order valence-corrected chi connectivity index (χ2v) is 4.67. The molecule has 2 aromatic heterocycles. The molecule has 7 N–H and O–H groups in total. The fraction of sp³-hybridized carbons (Fsp3) is 0.500. The van der Waals surface area contributed by atoms with Crippen molar-refractivity contribution in [3.63, 3.8) is 0 Å². The zero-order valence-electron chi connectivity index (χ0n) is 10.5. The van der Waals surface area contributed by atoms with Crippen LogP contribution in [0.2, 0.25) is 0 Å². The summed E-state index contributed by atoms with van der Waals surface area (Å²) in [5, 5.41) is 39.2. The Bertz CT molecular complexity index is 743. The zero-order chi connectivity index (χ0) is 15.4. The Morgan fingerprint density at radius 2 is 2.24 bits per heavy atom. The standard InChI is InChI=1S/C10H13N5O6/c11-9-13-7-4(8(19)14-9)12-2-15(7)10(20)6(18)5(17)3(1-16)21-10/h2-3,5-6,16-18,20H,1H2,(H3,11,13,14,19)/t3-,5-,6+,10+/m1/s1. The molecule has 0 saturated carbocycles. The lowest BCUT2D eigenvalue weighted by Crippen LogP contribution is -2.45. The number of imidazole rings is 1. The van der Waals surface area contributed by atoms with Gasteiger partial charge in [-0.2, -0.15) is 4.98 Å². The SMILES string of the molecule is Nc1nc2c(ncn2[C@@]2(O)O[C@H](CO)[C@@H](O)[C@@H]2O)c(=O)[nH]1. The van der Waals surface area contributed by atoms with Gasteiger partial charge in [0.05, 0.1) is 6.61 Å². The Kier molecular flexibility index (Phi) is 2.96. The Labute approximate surface area is 116 Å². The second kappa shape index (κ2) is 4.47. The summed E-state index contributed by atoms with van der Waals surface area (Å²) in [7, 11) is 0. The van der Waals surface area contributed by atoms with E-state index in [0.29, 0.717) is 0 Å². The molecule has 11 heteroatoms. The molecule has 0 bridgehead atoms. The van der Waals surface area contributed by atoms with Gasteiger partial charge in [-0.3, -0.25) is 14.3 Å². The first-order valence-corrected chi connectivity index (χ1v) is 5.99. The van der Waals surface area contributed by atoms with E-state index in [9.17, 15) is 20.1 Å². The van der Waals surface area contributed by atoms with Crippen LogP contribution in [0.5, 0.6) is 0 Å². The summed E-state index contributed by atoms with van der Waals surface area (Å²) in [5.41, 5.74) is 4.53. The molecule has 1 aliphatic rings. The molecule has 1 fully saturated rings. The van der Waals surface area contributed by atoms with Crippen molar-refractivity contribution in [2.75, 3.05) is 12.3 Å². The molecule has 0 amide bonds. The van der Waals surface area contributed by atoms with Crippen LogP contribution in [-0.2, 0) is 10.6 Å². The predicted molar refractivity (Wildman–Crippen MR) is 66.7 cm³/mol. The fourth-order valence-corrected chi connectivity index (χ4v) is 2.29. The highest BCUT2D eigenvalue weighted by molar-refractivity contribution is 5.70. The molecule has 1 saturated heterocycles. The Hall–Kier alpha value is -2.05. The van der Waals surface area contributed by atoms with E-state index < -0.39 is 36.4 Å². The van der Waals surface area contributed by atoms with Crippen molar-refractivity contribution in [3.8, 4) is 0 Å². The molecule has 114 valence electrons. The van der Waals surface area contributed by atoms with Crippen LogP contribution in [0.1, 0.15) is 0 Å². The van der Waals surface area contributed by atoms with Gasteiger partial charge in [0.2, 0.25) is 5.95 Å². The molecule has 2 aromatic rings. The maximum atomic E-state index is 11.7. The first kappa shape index (κ1) is 13.9. The zero-order valence-corrected chi connectivity index (χ0v) is 10.5. The van der Waals surface area contributed by atoms with E-state index in [2.05, 4.69) is 15.0 Å². The van der Waals surface area contributed by atoms with Crippen molar-refractivity contribution in [2.45, 2.75) is 24.2 Å². The third-order valence-corrected chi connectivity index (χ3v) is 3.36. The Balaban J connectivity index is 2.19. The summed E-state index contributed by atoms with van der Waals surface area (Å²) >= 11 is 0. The van der Waals surface area contributed by atoms with Crippen molar-refractivity contribution in [1.29, 1.82) is 0 Å². The number of ether oxygens (including phenoxy) is 1. The number of aromatic amines is 1. The molecule has 3 heterocycles. The number of nitrogens with two attached hydrogens (primary N) is 1. The summed E-state index contributed by atoms with van der Waals surface area (Å²) in [6.07, 6.45) is -3.50. The molecule has 3 rings (SSSR count). The normalized spacial score (nSPS) is 32.9. The van der Waals surface area contributed by atoms with Gasteiger partial charge in [0.1, 0.15) is 18.5 Å². The van der Waals surface area contributed by atoms with Crippen LogP contribution in [0.15, 0.2) is 11.1 Å². The van der Waals surface area contributed by atoms with E-state index >= 15 is 0 Å². The van der Waals surface area contributed by atoms with Crippen molar-refractivity contribution >= 4 is 17.1 Å². The lowest BCUT2D eigenvalue weighted by Gasteiger charge is -2.27. The number of anilines is 1. The van der Waals surface area contributed by atoms with Crippen LogP contribution in [-0.4, -0.2) is 64.9 Å². The van der Waals surface area contributed by atoms with E-state index in [0.717, 1.165) is 10.9 Å². The van der Waals surface area contributed by atoms with Crippen LogP contribution in [0, 0.1) is 0 Å². The smallest absolute Gasteiger partial charge is 0.286 e. The monoisotopic (exact) mass is 299 g/mol. The molecule has 0 radical (unpaired) electrons. The first-order valence-electron chi connectivity index (χ1n) is 5.99. The number of H-pyrrole nitrogens is 1. The number of aromatic nitrogens is 4. The molecule has 21 heavy (non-hydrogen) atoms. The molecular weight excluding hydrogens is 286 g/mol. The van der Waals surface area contributed by atoms with Gasteiger partial charge < -0.3 is 30.9 Å². The molecule has 1 aliphatic heterocycles. The second-order valence-electron chi connectivity index (χ2n) is 4.67. The van der Waals surface area contributed by atoms with Crippen LogP contribution in [0.4, 0.5) is 5.95 Å². The van der Waals surface area contributed by atoms with E-state index in [1.165, 1.54) is 0 Å². The number of fused-ring (bicyclic) bond motifs is 1. The first-order chi connectivity index (χ1) is 9.88. The number of hydrogen-bond acceptors (Lipinski definition) is 9. The van der Waals surface area contributed by atoms with Gasteiger partial charge in [-0.1, -0.05) is 0 Å². The van der Waals surface area contributed by atoms with Crippen LogP contribution in [0.25, 0.3) is 11.2 Å². The average Bonchev–Trinajstić information content (AvgIpc) is 2.95. The van der Waals surface area contributed by atoms with E-state index in [4.69, 9.17) is 15.6 Å². The number of nitrogen functional groups attached to an aromatic ring is 1. The molecule has 0 unspecified atom stereocenters. The third kappa shape index (κ3) is 1.83. The van der Waals surface area contributed by atoms with Gasteiger partial charge >= 0.3 is 0 Å². The quantitative estimate of drug-likeness (QED) is 0.327. The molecule has 0 spiro atoms. The minimum atomic E-state index is -2.44. The summed E-state index contributed by atoms with van der Waals surface area (Å²) in [4.78, 5) is 21.5. The number of hydrogen-bond donors (Lipinski definition) is 6. The number of nitrogens with one attached hydrogen (secondary N) is 1. The summed E-state index contributed by atoms with van der Waals surface area (Å²) in [5.74, 6) is -2.65. The van der Waals surface area contributed by atoms with Crippen LogP contribution in [0.3, 0.4) is 0 Å². The Morgan fingerprint density at radius 3 is 2.86 bits per heavy atom. The number of aliphatic hydroxyl groups excluding tert-OH is 3. The lowest BCUT2D eigenvalue weighted by molar-refractivity contribution is -0.287. The minimum Gasteiger partial charge on any atom is -0.394 e. The van der Waals surface area contributed by atoms with Gasteiger partial charge in [-0.15, -0.1) is 0 Å². The molecule has 11 nitrogen and oxygen atoms in total. The van der Waals surface area contributed by atoms with Gasteiger partial charge in [0.15, 0.2) is 17.3 Å². The third-order valence-electron chi connectivity index (χ3n) is 3.36. The van der Waals surface area contributed by atoms with Crippen molar-refractivity contribution in [2.24, 2.45) is 0 Å². The van der Waals surface area contributed by atoms with E-state index in [1.54, 1.807) is 0 Å². The van der Waals surface area contributed by atoms with E-state index in [-0.39, 0.29) is 17.1 Å². The number of rotatable bonds is 2. The highest BCUT2D eigenvalue weighted by Crippen LogP contribution is 2.34. The van der Waals surface area contributed by atoms with Crippen molar-refractivity contribution in [3.05, 3.63) is 16.7 Å². The highest BCUT2D eigenvalue weighted by Gasteiger charge is 2.55. The highest BCUT2D eigenvalue weighted by atomic mass is 16.7.